The van der Waals surface area contributed by atoms with Crippen LogP contribution in [0.1, 0.15) is 200 Å². The van der Waals surface area contributed by atoms with Crippen LogP contribution in [0.15, 0.2) is 4.99 Å². The first-order valence-electron chi connectivity index (χ1n) is 18.9. The van der Waals surface area contributed by atoms with E-state index < -0.39 is 0 Å². The lowest BCUT2D eigenvalue weighted by molar-refractivity contribution is -0.129. The van der Waals surface area contributed by atoms with E-state index in [-0.39, 0.29) is 36.0 Å². The fourth-order valence-electron chi connectivity index (χ4n) is 5.91. The number of Topliss-reactive ketones (excluding diaryl/α,β-unsaturated/α-hetero) is 1. The third kappa shape index (κ3) is 33.6. The standard InChI is InChI=1S/C37H74N4O2.ClH/c1-3-5-7-9-11-13-15-16-17-18-19-20-22-24-26-30-35(42)33-34(29-28-32-41-37(38)39)36(43)40-31-27-25-23-21-14-12-10-8-6-4-2;/h34H,3-33H2,1-2H3,(H,40,43)(H4,38,39,41);1H. The smallest absolute Gasteiger partial charge is 0.223 e. The summed E-state index contributed by atoms with van der Waals surface area (Å²) in [6.07, 6.45) is 34.8. The normalized spacial score (nSPS) is 11.6. The van der Waals surface area contributed by atoms with Crippen LogP contribution < -0.4 is 16.8 Å². The second-order valence-corrected chi connectivity index (χ2v) is 13.1. The molecule has 7 heteroatoms. The minimum Gasteiger partial charge on any atom is -0.370 e. The molecule has 0 aromatic rings. The number of nitrogens with one attached hydrogen (secondary N) is 1. The van der Waals surface area contributed by atoms with Gasteiger partial charge in [0.1, 0.15) is 5.78 Å². The van der Waals surface area contributed by atoms with E-state index in [1.807, 2.05) is 0 Å². The molecule has 0 aromatic carbocycles. The summed E-state index contributed by atoms with van der Waals surface area (Å²) in [5.74, 6) is 0.0356. The minimum atomic E-state index is -0.277. The highest BCUT2D eigenvalue weighted by molar-refractivity contribution is 5.86. The molecule has 0 heterocycles. The van der Waals surface area contributed by atoms with Gasteiger partial charge in [-0.15, -0.1) is 12.4 Å². The van der Waals surface area contributed by atoms with E-state index in [9.17, 15) is 9.59 Å². The molecular weight excluding hydrogens is 568 g/mol. The van der Waals surface area contributed by atoms with Crippen molar-refractivity contribution in [1.82, 2.24) is 5.32 Å². The zero-order valence-electron chi connectivity index (χ0n) is 29.3. The Morgan fingerprint density at radius 2 is 0.955 bits per heavy atom. The molecule has 0 rings (SSSR count). The molecule has 0 aromatic heterocycles. The van der Waals surface area contributed by atoms with E-state index >= 15 is 0 Å². The number of carbonyl (C=O) groups excluding carboxylic acids is 2. The van der Waals surface area contributed by atoms with Crippen LogP contribution in [0.4, 0.5) is 0 Å². The maximum Gasteiger partial charge on any atom is 0.223 e. The predicted octanol–water partition coefficient (Wildman–Crippen LogP) is 10.3. The number of hydrogen-bond acceptors (Lipinski definition) is 3. The van der Waals surface area contributed by atoms with Gasteiger partial charge < -0.3 is 16.8 Å². The maximum atomic E-state index is 12.9. The number of unbranched alkanes of at least 4 members (excludes halogenated alkanes) is 23. The first kappa shape index (κ1) is 44.8. The van der Waals surface area contributed by atoms with Crippen LogP contribution in [0.2, 0.25) is 0 Å². The van der Waals surface area contributed by atoms with Gasteiger partial charge in [0, 0.05) is 31.8 Å². The SMILES string of the molecule is CCCCCCCCCCCCCCCCCC(=O)CC(CCCN=C(N)N)C(=O)NCCCCCCCCCCCC.Cl. The fraction of sp³-hybridized carbons (Fsp3) is 0.919. The Morgan fingerprint density at radius 3 is 1.36 bits per heavy atom. The number of nitrogens with zero attached hydrogens (tertiary/aromatic N) is 1. The number of guanidine groups is 1. The van der Waals surface area contributed by atoms with E-state index in [4.69, 9.17) is 11.5 Å². The largest absolute Gasteiger partial charge is 0.370 e. The van der Waals surface area contributed by atoms with Crippen LogP contribution in [0.25, 0.3) is 0 Å². The number of rotatable bonds is 34. The van der Waals surface area contributed by atoms with E-state index in [0.29, 0.717) is 38.8 Å². The lowest BCUT2D eigenvalue weighted by Gasteiger charge is -2.16. The number of ketones is 1. The third-order valence-electron chi connectivity index (χ3n) is 8.74. The first-order chi connectivity index (χ1) is 21.0. The van der Waals surface area contributed by atoms with Gasteiger partial charge in [0.05, 0.1) is 0 Å². The topological polar surface area (TPSA) is 111 Å². The van der Waals surface area contributed by atoms with Crippen molar-refractivity contribution in [2.45, 2.75) is 200 Å². The highest BCUT2D eigenvalue weighted by Crippen LogP contribution is 2.17. The Balaban J connectivity index is 0. The van der Waals surface area contributed by atoms with Gasteiger partial charge in [-0.2, -0.15) is 0 Å². The summed E-state index contributed by atoms with van der Waals surface area (Å²) in [5.41, 5.74) is 10.9. The van der Waals surface area contributed by atoms with Crippen LogP contribution in [0.5, 0.6) is 0 Å². The highest BCUT2D eigenvalue weighted by atomic mass is 35.5. The number of aliphatic imine (C=N–C) groups is 1. The summed E-state index contributed by atoms with van der Waals surface area (Å²) in [5, 5.41) is 3.11. The van der Waals surface area contributed by atoms with Crippen molar-refractivity contribution in [3.63, 3.8) is 0 Å². The molecule has 44 heavy (non-hydrogen) atoms. The molecular formula is C37H75ClN4O2. The van der Waals surface area contributed by atoms with Gasteiger partial charge in [0.15, 0.2) is 5.96 Å². The highest BCUT2D eigenvalue weighted by Gasteiger charge is 2.21. The van der Waals surface area contributed by atoms with Crippen molar-refractivity contribution < 1.29 is 9.59 Å². The predicted molar refractivity (Wildman–Crippen MR) is 195 cm³/mol. The summed E-state index contributed by atoms with van der Waals surface area (Å²) >= 11 is 0. The van der Waals surface area contributed by atoms with E-state index in [0.717, 1.165) is 25.7 Å². The number of nitrogens with two attached hydrogens (primary N) is 2. The molecule has 262 valence electrons. The average Bonchev–Trinajstić information content (AvgIpc) is 2.99. The van der Waals surface area contributed by atoms with Gasteiger partial charge in [-0.25, -0.2) is 0 Å². The molecule has 0 radical (unpaired) electrons. The summed E-state index contributed by atoms with van der Waals surface area (Å²) in [7, 11) is 0. The minimum absolute atomic E-state index is 0. The molecule has 0 bridgehead atoms. The second-order valence-electron chi connectivity index (χ2n) is 13.1. The van der Waals surface area contributed by atoms with Gasteiger partial charge in [-0.1, -0.05) is 162 Å². The zero-order valence-corrected chi connectivity index (χ0v) is 30.1. The second kappa shape index (κ2) is 36.2. The Morgan fingerprint density at radius 1 is 0.568 bits per heavy atom. The van der Waals surface area contributed by atoms with Gasteiger partial charge in [-0.05, 0) is 25.7 Å². The lowest BCUT2D eigenvalue weighted by atomic mass is 9.93. The summed E-state index contributed by atoms with van der Waals surface area (Å²) in [4.78, 5) is 29.7. The monoisotopic (exact) mass is 643 g/mol. The first-order valence-corrected chi connectivity index (χ1v) is 18.9. The third-order valence-corrected chi connectivity index (χ3v) is 8.74. The van der Waals surface area contributed by atoms with Crippen molar-refractivity contribution in [3.05, 3.63) is 0 Å². The summed E-state index contributed by atoms with van der Waals surface area (Å²) < 4.78 is 0. The quantitative estimate of drug-likeness (QED) is 0.0368. The molecule has 0 fully saturated rings. The van der Waals surface area contributed by atoms with Crippen molar-refractivity contribution in [1.29, 1.82) is 0 Å². The molecule has 1 amide bonds. The number of halogens is 1. The van der Waals surface area contributed by atoms with Crippen LogP contribution in [0.3, 0.4) is 0 Å². The molecule has 0 saturated heterocycles. The van der Waals surface area contributed by atoms with Crippen LogP contribution in [-0.2, 0) is 9.59 Å². The van der Waals surface area contributed by atoms with Gasteiger partial charge in [0.25, 0.3) is 0 Å². The Bertz CT molecular complexity index is 655. The number of carbonyl (C=O) groups is 2. The lowest BCUT2D eigenvalue weighted by Crippen LogP contribution is -2.33. The zero-order chi connectivity index (χ0) is 31.6. The van der Waals surface area contributed by atoms with Crippen molar-refractivity contribution >= 4 is 30.1 Å². The molecule has 1 unspecified atom stereocenters. The molecule has 6 nitrogen and oxygen atoms in total. The Kier molecular flexibility index (Phi) is 36.8. The summed E-state index contributed by atoms with van der Waals surface area (Å²) in [6, 6.07) is 0. The Labute approximate surface area is 279 Å². The average molecular weight is 643 g/mol. The summed E-state index contributed by atoms with van der Waals surface area (Å²) in [6.45, 7) is 5.73. The van der Waals surface area contributed by atoms with Crippen LogP contribution in [-0.4, -0.2) is 30.7 Å². The molecule has 0 aliphatic rings. The molecule has 0 aliphatic heterocycles. The maximum absolute atomic E-state index is 12.9. The molecule has 0 aliphatic carbocycles. The molecule has 0 spiro atoms. The van der Waals surface area contributed by atoms with E-state index in [1.165, 1.54) is 135 Å². The molecule has 1 atom stereocenters. The van der Waals surface area contributed by atoms with Crippen molar-refractivity contribution in [2.24, 2.45) is 22.4 Å². The van der Waals surface area contributed by atoms with Crippen molar-refractivity contribution in [3.8, 4) is 0 Å². The van der Waals surface area contributed by atoms with Gasteiger partial charge in [-0.3, -0.25) is 14.6 Å². The Hall–Kier alpha value is -1.30. The van der Waals surface area contributed by atoms with E-state index in [2.05, 4.69) is 24.2 Å². The number of amides is 1. The van der Waals surface area contributed by atoms with Gasteiger partial charge >= 0.3 is 0 Å². The fourth-order valence-corrected chi connectivity index (χ4v) is 5.91. The van der Waals surface area contributed by atoms with E-state index in [1.54, 1.807) is 0 Å². The van der Waals surface area contributed by atoms with Crippen molar-refractivity contribution in [2.75, 3.05) is 13.1 Å². The van der Waals surface area contributed by atoms with Crippen LogP contribution >= 0.6 is 12.4 Å². The van der Waals surface area contributed by atoms with Gasteiger partial charge in [0.2, 0.25) is 5.91 Å². The number of hydrogen-bond donors (Lipinski definition) is 3. The molecule has 0 saturated carbocycles. The van der Waals surface area contributed by atoms with Crippen LogP contribution in [0, 0.1) is 5.92 Å². The molecule has 5 N–H and O–H groups in total.